The molecule has 1 N–H and O–H groups in total. The molecule has 0 spiro atoms. The maximum atomic E-state index is 4.19. The number of benzene rings is 2. The van der Waals surface area contributed by atoms with Crippen LogP contribution >= 0.6 is 0 Å². The van der Waals surface area contributed by atoms with Crippen LogP contribution in [0.4, 0.5) is 11.4 Å². The van der Waals surface area contributed by atoms with Crippen molar-refractivity contribution < 1.29 is 0 Å². The number of allylic oxidation sites excluding steroid dienone is 6. The third kappa shape index (κ3) is 3.65. The normalized spacial score (nSPS) is 13.2. The van der Waals surface area contributed by atoms with Gasteiger partial charge in [0.05, 0.1) is 0 Å². The topological polar surface area (TPSA) is 24.9 Å². The minimum absolute atomic E-state index is 0.978. The van der Waals surface area contributed by atoms with Gasteiger partial charge in [-0.15, -0.1) is 0 Å². The van der Waals surface area contributed by atoms with Gasteiger partial charge in [-0.2, -0.15) is 0 Å². The van der Waals surface area contributed by atoms with Crippen LogP contribution in [0, 0.1) is 0 Å². The van der Waals surface area contributed by atoms with E-state index in [9.17, 15) is 0 Å². The van der Waals surface area contributed by atoms with E-state index in [1.165, 1.54) is 11.1 Å². The fourth-order valence-corrected chi connectivity index (χ4v) is 3.04. The number of aromatic nitrogens is 1. The molecule has 0 atom stereocenters. The molecule has 0 fully saturated rings. The van der Waals surface area contributed by atoms with Crippen molar-refractivity contribution in [3.63, 3.8) is 0 Å². The first-order chi connectivity index (χ1) is 12.9. The smallest absolute Gasteiger partial charge is 0.0463 e. The summed E-state index contributed by atoms with van der Waals surface area (Å²) >= 11 is 0. The van der Waals surface area contributed by atoms with Crippen LogP contribution in [-0.4, -0.2) is 4.98 Å². The van der Waals surface area contributed by atoms with E-state index in [4.69, 9.17) is 0 Å². The summed E-state index contributed by atoms with van der Waals surface area (Å²) < 4.78 is 0. The summed E-state index contributed by atoms with van der Waals surface area (Å²) in [6.45, 7) is 0. The lowest BCUT2D eigenvalue weighted by molar-refractivity contribution is 1.33. The summed E-state index contributed by atoms with van der Waals surface area (Å²) in [5, 5.41) is 3.55. The second-order valence-corrected chi connectivity index (χ2v) is 6.18. The first kappa shape index (κ1) is 16.1. The maximum absolute atomic E-state index is 4.19. The van der Waals surface area contributed by atoms with Gasteiger partial charge in [-0.05, 0) is 47.4 Å². The summed E-state index contributed by atoms with van der Waals surface area (Å²) in [4.78, 5) is 4.19. The molecule has 2 nitrogen and oxygen atoms in total. The van der Waals surface area contributed by atoms with Crippen LogP contribution in [0.15, 0.2) is 103 Å². The van der Waals surface area contributed by atoms with Gasteiger partial charge in [0.15, 0.2) is 0 Å². The minimum atomic E-state index is 0.978. The molecule has 0 saturated carbocycles. The van der Waals surface area contributed by atoms with E-state index in [1.54, 1.807) is 6.20 Å². The molecule has 0 bridgehead atoms. The van der Waals surface area contributed by atoms with Crippen LogP contribution in [0.1, 0.15) is 12.0 Å². The van der Waals surface area contributed by atoms with E-state index in [0.717, 1.165) is 28.9 Å². The van der Waals surface area contributed by atoms with Crippen molar-refractivity contribution in [2.75, 3.05) is 5.32 Å². The van der Waals surface area contributed by atoms with Crippen LogP contribution in [0.5, 0.6) is 0 Å². The number of nitrogens with one attached hydrogen (secondary N) is 1. The summed E-state index contributed by atoms with van der Waals surface area (Å²) in [7, 11) is 0. The number of anilines is 2. The average molecular weight is 336 g/mol. The van der Waals surface area contributed by atoms with E-state index in [0.29, 0.717) is 0 Å². The van der Waals surface area contributed by atoms with Gasteiger partial charge in [0.25, 0.3) is 0 Å². The highest BCUT2D eigenvalue weighted by atomic mass is 14.9. The van der Waals surface area contributed by atoms with Crippen molar-refractivity contribution in [2.45, 2.75) is 6.42 Å². The minimum Gasteiger partial charge on any atom is -0.355 e. The highest BCUT2D eigenvalue weighted by molar-refractivity contribution is 5.85. The molecular formula is C24H20N2. The molecule has 0 amide bonds. The Morgan fingerprint density at radius 2 is 1.69 bits per heavy atom. The van der Waals surface area contributed by atoms with E-state index in [1.807, 2.05) is 12.3 Å². The van der Waals surface area contributed by atoms with E-state index >= 15 is 0 Å². The summed E-state index contributed by atoms with van der Waals surface area (Å²) in [6.07, 6.45) is 15.5. The summed E-state index contributed by atoms with van der Waals surface area (Å²) in [5.41, 5.74) is 6.88. The predicted octanol–water partition coefficient (Wildman–Crippen LogP) is 6.39. The Bertz CT molecular complexity index is 965. The SMILES string of the molecule is C1=CCC=CC(c2ccccc2Nc2ccc(-c3cccnc3)cc2)=C1. The second-order valence-electron chi connectivity index (χ2n) is 6.18. The molecule has 3 aromatic rings. The van der Waals surface area contributed by atoms with E-state index in [2.05, 4.69) is 95.3 Å². The Hall–Kier alpha value is -3.39. The standard InChI is InChI=1S/C24H20N2/c1-2-4-9-20(8-3-1)23-11-5-6-12-24(23)26-22-15-13-19(14-16-22)21-10-7-17-25-18-21/h1,3-18,26H,2H2. The van der Waals surface area contributed by atoms with Gasteiger partial charge in [0.1, 0.15) is 0 Å². The monoisotopic (exact) mass is 336 g/mol. The Morgan fingerprint density at radius 3 is 2.54 bits per heavy atom. The quantitative estimate of drug-likeness (QED) is 0.597. The molecule has 4 rings (SSSR count). The Balaban J connectivity index is 1.60. The van der Waals surface area contributed by atoms with Crippen molar-refractivity contribution in [1.29, 1.82) is 0 Å². The molecule has 2 aromatic carbocycles. The molecule has 0 saturated heterocycles. The van der Waals surface area contributed by atoms with E-state index < -0.39 is 0 Å². The number of nitrogens with zero attached hydrogens (tertiary/aromatic N) is 1. The first-order valence-corrected chi connectivity index (χ1v) is 8.80. The Morgan fingerprint density at radius 1 is 0.808 bits per heavy atom. The highest BCUT2D eigenvalue weighted by Crippen LogP contribution is 2.29. The van der Waals surface area contributed by atoms with Gasteiger partial charge in [-0.1, -0.05) is 66.8 Å². The molecular weight excluding hydrogens is 316 g/mol. The van der Waals surface area contributed by atoms with Crippen molar-refractivity contribution in [3.05, 3.63) is 109 Å². The van der Waals surface area contributed by atoms with Crippen LogP contribution in [0.2, 0.25) is 0 Å². The van der Waals surface area contributed by atoms with Crippen molar-refractivity contribution >= 4 is 16.9 Å². The summed E-state index contributed by atoms with van der Waals surface area (Å²) in [6, 6.07) is 20.9. The highest BCUT2D eigenvalue weighted by Gasteiger charge is 2.06. The third-order valence-electron chi connectivity index (χ3n) is 4.38. The van der Waals surface area contributed by atoms with Crippen LogP contribution in [0.3, 0.4) is 0 Å². The first-order valence-electron chi connectivity index (χ1n) is 8.80. The van der Waals surface area contributed by atoms with Gasteiger partial charge in [0, 0.05) is 29.3 Å². The second kappa shape index (κ2) is 7.66. The van der Waals surface area contributed by atoms with Crippen molar-refractivity contribution in [2.24, 2.45) is 0 Å². The molecule has 26 heavy (non-hydrogen) atoms. The molecule has 0 radical (unpaired) electrons. The fourth-order valence-electron chi connectivity index (χ4n) is 3.04. The van der Waals surface area contributed by atoms with Crippen molar-refractivity contribution in [3.8, 4) is 11.1 Å². The Labute approximate surface area is 154 Å². The van der Waals surface area contributed by atoms with Gasteiger partial charge >= 0.3 is 0 Å². The van der Waals surface area contributed by atoms with Crippen LogP contribution in [0.25, 0.3) is 16.7 Å². The lowest BCUT2D eigenvalue weighted by atomic mass is 10.0. The molecule has 1 aliphatic carbocycles. The molecule has 0 unspecified atom stereocenters. The molecule has 0 aliphatic heterocycles. The van der Waals surface area contributed by atoms with Crippen molar-refractivity contribution in [1.82, 2.24) is 4.98 Å². The number of para-hydroxylation sites is 1. The van der Waals surface area contributed by atoms with Gasteiger partial charge in [-0.3, -0.25) is 4.98 Å². The lowest BCUT2D eigenvalue weighted by Gasteiger charge is -2.13. The number of hydrogen-bond donors (Lipinski definition) is 1. The molecule has 1 heterocycles. The molecule has 2 heteroatoms. The maximum Gasteiger partial charge on any atom is 0.0463 e. The fraction of sp³-hybridized carbons (Fsp3) is 0.0417. The predicted molar refractivity (Wildman–Crippen MR) is 110 cm³/mol. The molecule has 1 aliphatic rings. The molecule has 1 aromatic heterocycles. The van der Waals surface area contributed by atoms with Gasteiger partial charge in [-0.25, -0.2) is 0 Å². The van der Waals surface area contributed by atoms with Crippen LogP contribution < -0.4 is 5.32 Å². The number of rotatable bonds is 4. The zero-order valence-corrected chi connectivity index (χ0v) is 14.5. The Kier molecular flexibility index (Phi) is 4.74. The zero-order valence-electron chi connectivity index (χ0n) is 14.5. The van der Waals surface area contributed by atoms with Gasteiger partial charge in [0.2, 0.25) is 0 Å². The average Bonchev–Trinajstić information content (AvgIpc) is 2.99. The largest absolute Gasteiger partial charge is 0.355 e. The number of pyridine rings is 1. The summed E-state index contributed by atoms with van der Waals surface area (Å²) in [5.74, 6) is 0. The molecule has 126 valence electrons. The lowest BCUT2D eigenvalue weighted by Crippen LogP contribution is -1.95. The van der Waals surface area contributed by atoms with E-state index in [-0.39, 0.29) is 0 Å². The zero-order chi connectivity index (χ0) is 17.6. The third-order valence-corrected chi connectivity index (χ3v) is 4.38. The van der Waals surface area contributed by atoms with Crippen LogP contribution in [-0.2, 0) is 0 Å². The van der Waals surface area contributed by atoms with Gasteiger partial charge < -0.3 is 5.32 Å². The number of hydrogen-bond acceptors (Lipinski definition) is 2.